The zero-order valence-corrected chi connectivity index (χ0v) is 28.3. The number of carbonyl (C=O) groups excluding carboxylic acids is 1. The predicted octanol–water partition coefficient (Wildman–Crippen LogP) is 2.89. The summed E-state index contributed by atoms with van der Waals surface area (Å²) in [5.41, 5.74) is 3.80. The number of ether oxygens (including phenoxy) is 3. The second-order valence-corrected chi connectivity index (χ2v) is 11.0. The molecule has 0 aliphatic carbocycles. The van der Waals surface area contributed by atoms with Crippen LogP contribution in [0.4, 0.5) is 0 Å². The molecule has 2 aromatic heterocycles. The quantitative estimate of drug-likeness (QED) is 0.145. The first-order valence-corrected chi connectivity index (χ1v) is 14.5. The molecule has 4 rings (SSSR count). The van der Waals surface area contributed by atoms with E-state index in [1.165, 1.54) is 34.2 Å². The fourth-order valence-corrected chi connectivity index (χ4v) is 3.94. The van der Waals surface area contributed by atoms with Gasteiger partial charge in [0.05, 0.1) is 18.3 Å². The number of hydrogen-bond acceptors (Lipinski definition) is 10. The summed E-state index contributed by atoms with van der Waals surface area (Å²) < 4.78 is 19.3. The monoisotopic (exact) mass is 640 g/mol. The minimum atomic E-state index is -1.03. The molecule has 0 atom stereocenters. The number of carboxylic acids is 1. The second-order valence-electron chi connectivity index (χ2n) is 11.0. The van der Waals surface area contributed by atoms with Gasteiger partial charge in [-0.05, 0) is 103 Å². The number of aryl methyl sites for hydroxylation is 2. The van der Waals surface area contributed by atoms with Crippen molar-refractivity contribution in [1.29, 1.82) is 0 Å². The van der Waals surface area contributed by atoms with E-state index >= 15 is 0 Å². The van der Waals surface area contributed by atoms with Gasteiger partial charge in [-0.15, -0.1) is 10.2 Å². The van der Waals surface area contributed by atoms with E-state index in [1.54, 1.807) is 20.2 Å². The van der Waals surface area contributed by atoms with E-state index < -0.39 is 11.9 Å². The third-order valence-corrected chi connectivity index (χ3v) is 5.46. The Kier molecular flexibility index (Phi) is 16.4. The molecular formula is C33H41LiN6O7. The Bertz CT molecular complexity index is 1660. The molecule has 0 amide bonds. The van der Waals surface area contributed by atoms with Crippen LogP contribution in [0.15, 0.2) is 61.2 Å². The van der Waals surface area contributed by atoms with Crippen LogP contribution in [0, 0.1) is 13.8 Å². The topological polar surface area (TPSA) is 173 Å². The molecule has 13 nitrogen and oxygen atoms in total. The van der Waals surface area contributed by atoms with Crippen molar-refractivity contribution in [3.8, 4) is 34.3 Å². The molecule has 0 saturated carbocycles. The molecule has 4 aromatic rings. The van der Waals surface area contributed by atoms with E-state index in [-0.39, 0.29) is 42.6 Å². The summed E-state index contributed by atoms with van der Waals surface area (Å²) in [4.78, 5) is 30.4. The Labute approximate surface area is 286 Å². The molecule has 0 bridgehead atoms. The van der Waals surface area contributed by atoms with E-state index in [4.69, 9.17) is 19.3 Å². The van der Waals surface area contributed by atoms with Crippen molar-refractivity contribution < 1.29 is 53.2 Å². The molecule has 2 aromatic carbocycles. The van der Waals surface area contributed by atoms with Crippen molar-refractivity contribution in [2.45, 2.75) is 73.7 Å². The molecule has 0 unspecified atom stereocenters. The Morgan fingerprint density at radius 2 is 1.13 bits per heavy atom. The van der Waals surface area contributed by atoms with E-state index in [0.717, 1.165) is 39.8 Å². The summed E-state index contributed by atoms with van der Waals surface area (Å²) in [6, 6.07) is 11.6. The van der Waals surface area contributed by atoms with Gasteiger partial charge in [0, 0.05) is 35.7 Å². The maximum Gasteiger partial charge on any atom is 1.00 e. The number of aromatic nitrogens is 6. The van der Waals surface area contributed by atoms with Crippen LogP contribution in [0.25, 0.3) is 35.2 Å². The molecular weight excluding hydrogens is 599 g/mol. The van der Waals surface area contributed by atoms with Crippen LogP contribution in [-0.2, 0) is 14.3 Å². The second kappa shape index (κ2) is 19.1. The van der Waals surface area contributed by atoms with Gasteiger partial charge < -0.3 is 24.8 Å². The van der Waals surface area contributed by atoms with Crippen LogP contribution in [-0.4, -0.2) is 70.4 Å². The van der Waals surface area contributed by atoms with E-state index in [0.29, 0.717) is 11.6 Å². The van der Waals surface area contributed by atoms with Gasteiger partial charge in [0.15, 0.2) is 11.6 Å². The van der Waals surface area contributed by atoms with E-state index in [2.05, 4.69) is 20.2 Å². The SMILES string of the molecule is Cc1cc(OC(C)C)cc(-c2ncn(/C=C\C(=O)O)n2)c1.Cc1cc(OC(C)C)cc(-c2ncn(/C=C\C(=O)OC(C)C)n2)c1.[Li+].[OH-]. The van der Waals surface area contributed by atoms with Crippen LogP contribution in [0.3, 0.4) is 0 Å². The molecule has 47 heavy (non-hydrogen) atoms. The first-order chi connectivity index (χ1) is 21.3. The number of hydrogen-bond donors (Lipinski definition) is 1. The number of esters is 1. The maximum atomic E-state index is 11.5. The van der Waals surface area contributed by atoms with Crippen molar-refractivity contribution in [3.05, 3.63) is 72.3 Å². The number of carbonyl (C=O) groups is 2. The summed E-state index contributed by atoms with van der Waals surface area (Å²) in [6.07, 6.45) is 8.20. The molecule has 14 heteroatoms. The number of aliphatic carboxylic acids is 1. The molecule has 0 radical (unpaired) electrons. The Morgan fingerprint density at radius 1 is 0.702 bits per heavy atom. The van der Waals surface area contributed by atoms with Gasteiger partial charge in [0.2, 0.25) is 0 Å². The summed E-state index contributed by atoms with van der Waals surface area (Å²) >= 11 is 0. The minimum absolute atomic E-state index is 0. The van der Waals surface area contributed by atoms with Gasteiger partial charge >= 0.3 is 30.8 Å². The zero-order valence-electron chi connectivity index (χ0n) is 28.3. The molecule has 0 fully saturated rings. The van der Waals surface area contributed by atoms with Gasteiger partial charge in [0.25, 0.3) is 0 Å². The van der Waals surface area contributed by atoms with Crippen LogP contribution in [0.5, 0.6) is 11.5 Å². The molecule has 0 aliphatic heterocycles. The minimum Gasteiger partial charge on any atom is -0.870 e. The van der Waals surface area contributed by atoms with Gasteiger partial charge in [0.1, 0.15) is 24.2 Å². The standard InChI is InChI=1S/C18H23N3O3.C15H17N3O3.Li.H2O/c1-12(2)23-16-9-14(5)8-15(10-16)18-19-11-21(20-18)7-6-17(22)24-13(3)4;1-10(2)21-13-7-11(3)6-12(8-13)15-16-9-18(17-15)5-4-14(19)20;;/h6-13H,1-5H3;4-10H,1-3H3,(H,19,20);;1H2/q;;+1;/p-1/b7-6-;5-4-;;. The van der Waals surface area contributed by atoms with E-state index in [1.807, 2.05) is 77.9 Å². The van der Waals surface area contributed by atoms with Crippen molar-refractivity contribution >= 4 is 24.3 Å². The summed E-state index contributed by atoms with van der Waals surface area (Å²) in [7, 11) is 0. The predicted molar refractivity (Wildman–Crippen MR) is 173 cm³/mol. The summed E-state index contributed by atoms with van der Waals surface area (Å²) in [6.45, 7) is 15.5. The van der Waals surface area contributed by atoms with Crippen LogP contribution in [0.2, 0.25) is 0 Å². The fourth-order valence-electron chi connectivity index (χ4n) is 3.94. The van der Waals surface area contributed by atoms with Crippen molar-refractivity contribution in [1.82, 2.24) is 29.5 Å². The first kappa shape index (κ1) is 40.3. The molecule has 0 saturated heterocycles. The molecule has 0 spiro atoms. The Hall–Kier alpha value is -4.70. The Morgan fingerprint density at radius 3 is 1.51 bits per heavy atom. The fraction of sp³-hybridized carbons (Fsp3) is 0.333. The number of benzene rings is 2. The normalized spacial score (nSPS) is 10.9. The third kappa shape index (κ3) is 14.1. The van der Waals surface area contributed by atoms with Gasteiger partial charge in [-0.2, -0.15) is 0 Å². The van der Waals surface area contributed by atoms with Crippen LogP contribution in [0.1, 0.15) is 52.7 Å². The van der Waals surface area contributed by atoms with Crippen molar-refractivity contribution in [2.24, 2.45) is 0 Å². The number of rotatable bonds is 11. The van der Waals surface area contributed by atoms with Crippen LogP contribution >= 0.6 is 0 Å². The zero-order chi connectivity index (χ0) is 33.1. The molecule has 2 heterocycles. The average molecular weight is 641 g/mol. The van der Waals surface area contributed by atoms with E-state index in [9.17, 15) is 9.59 Å². The third-order valence-electron chi connectivity index (χ3n) is 5.46. The first-order valence-electron chi connectivity index (χ1n) is 14.5. The molecule has 2 N–H and O–H groups in total. The Balaban J connectivity index is 0.000000454. The smallest absolute Gasteiger partial charge is 0.870 e. The van der Waals surface area contributed by atoms with Crippen LogP contribution < -0.4 is 28.3 Å². The van der Waals surface area contributed by atoms with Gasteiger partial charge in [-0.3, -0.25) is 0 Å². The summed E-state index contributed by atoms with van der Waals surface area (Å²) in [5.74, 6) is 1.18. The average Bonchev–Trinajstić information content (AvgIpc) is 3.60. The number of nitrogens with zero attached hydrogens (tertiary/aromatic N) is 6. The van der Waals surface area contributed by atoms with Crippen molar-refractivity contribution in [3.63, 3.8) is 0 Å². The van der Waals surface area contributed by atoms with Gasteiger partial charge in [-0.1, -0.05) is 0 Å². The maximum absolute atomic E-state index is 11.5. The van der Waals surface area contributed by atoms with Crippen molar-refractivity contribution in [2.75, 3.05) is 0 Å². The van der Waals surface area contributed by atoms with Gasteiger partial charge in [-0.25, -0.2) is 28.9 Å². The summed E-state index contributed by atoms with van der Waals surface area (Å²) in [5, 5.41) is 17.2. The largest absolute Gasteiger partial charge is 1.00 e. The molecule has 246 valence electrons. The molecule has 0 aliphatic rings. The number of carboxylic acid groups (broad SMARTS) is 1.